The van der Waals surface area contributed by atoms with Crippen LogP contribution in [0.15, 0.2) is 6.20 Å². The van der Waals surface area contributed by atoms with Crippen molar-refractivity contribution >= 4 is 11.8 Å². The van der Waals surface area contributed by atoms with E-state index in [1.165, 1.54) is 11.6 Å². The fourth-order valence-corrected chi connectivity index (χ4v) is 4.29. The molecule has 2 aliphatic rings. The molecular formula is C22H37N5O12. The monoisotopic (exact) mass is 563 g/mol. The molecule has 2 saturated heterocycles. The Balaban J connectivity index is 1.68. The van der Waals surface area contributed by atoms with Crippen LogP contribution in [0, 0.1) is 0 Å². The Hall–Kier alpha value is -2.32. The van der Waals surface area contributed by atoms with Gasteiger partial charge in [-0.3, -0.25) is 9.59 Å². The van der Waals surface area contributed by atoms with Crippen LogP contribution in [0.1, 0.15) is 26.0 Å². The smallest absolute Gasteiger partial charge is 0.220 e. The highest BCUT2D eigenvalue weighted by Crippen LogP contribution is 2.29. The Morgan fingerprint density at radius 3 is 2.36 bits per heavy atom. The van der Waals surface area contributed by atoms with Gasteiger partial charge in [0.25, 0.3) is 0 Å². The minimum Gasteiger partial charge on any atom is -0.394 e. The molecule has 1 aromatic rings. The predicted octanol–water partition coefficient (Wildman–Crippen LogP) is -4.91. The first kappa shape index (κ1) is 31.2. The van der Waals surface area contributed by atoms with Crippen LogP contribution in [-0.2, 0) is 41.7 Å². The van der Waals surface area contributed by atoms with Crippen molar-refractivity contribution in [1.82, 2.24) is 25.6 Å². The van der Waals surface area contributed by atoms with Crippen molar-refractivity contribution in [2.75, 3.05) is 19.8 Å². The van der Waals surface area contributed by atoms with Crippen molar-refractivity contribution in [3.05, 3.63) is 11.9 Å². The lowest BCUT2D eigenvalue weighted by Crippen LogP contribution is -2.67. The van der Waals surface area contributed by atoms with E-state index in [9.17, 15) is 40.2 Å². The number of nitrogens with zero attached hydrogens (tertiary/aromatic N) is 3. The molecule has 17 heteroatoms. The number of aliphatic hydroxyl groups excluding tert-OH is 6. The summed E-state index contributed by atoms with van der Waals surface area (Å²) < 4.78 is 23.8. The molecule has 17 nitrogen and oxygen atoms in total. The van der Waals surface area contributed by atoms with Crippen LogP contribution >= 0.6 is 0 Å². The van der Waals surface area contributed by atoms with Gasteiger partial charge in [0, 0.05) is 26.3 Å². The molecule has 2 amide bonds. The van der Waals surface area contributed by atoms with E-state index in [4.69, 9.17) is 18.9 Å². The molecule has 8 N–H and O–H groups in total. The van der Waals surface area contributed by atoms with Crippen molar-refractivity contribution in [1.29, 1.82) is 0 Å². The summed E-state index contributed by atoms with van der Waals surface area (Å²) in [4.78, 5) is 23.5. The van der Waals surface area contributed by atoms with E-state index in [1.54, 1.807) is 6.20 Å². The van der Waals surface area contributed by atoms with Gasteiger partial charge in [-0.2, -0.15) is 0 Å². The van der Waals surface area contributed by atoms with E-state index >= 15 is 0 Å². The van der Waals surface area contributed by atoms with Crippen LogP contribution in [0.2, 0.25) is 0 Å². The number of rotatable bonds is 12. The van der Waals surface area contributed by atoms with Gasteiger partial charge in [-0.25, -0.2) is 4.68 Å². The van der Waals surface area contributed by atoms with Gasteiger partial charge in [-0.05, 0) is 6.92 Å². The number of nitrogens with one attached hydrogen (secondary N) is 2. The predicted molar refractivity (Wildman–Crippen MR) is 126 cm³/mol. The molecule has 3 heterocycles. The molecule has 0 radical (unpaired) electrons. The van der Waals surface area contributed by atoms with Gasteiger partial charge in [0.2, 0.25) is 11.8 Å². The molecule has 2 aliphatic heterocycles. The number of amides is 2. The highest BCUT2D eigenvalue weighted by Gasteiger charge is 2.51. The molecule has 0 aromatic carbocycles. The minimum atomic E-state index is -1.77. The number of aryl methyl sites for hydroxylation is 1. The molecule has 2 fully saturated rings. The van der Waals surface area contributed by atoms with Crippen LogP contribution in [0.4, 0.5) is 0 Å². The van der Waals surface area contributed by atoms with Crippen LogP contribution in [-0.4, -0.2) is 139 Å². The normalized spacial score (nSPS) is 35.0. The fraction of sp³-hybridized carbons (Fsp3) is 0.818. The van der Waals surface area contributed by atoms with Crippen LogP contribution in [0.25, 0.3) is 0 Å². The summed E-state index contributed by atoms with van der Waals surface area (Å²) >= 11 is 0. The fourth-order valence-electron chi connectivity index (χ4n) is 4.29. The molecule has 39 heavy (non-hydrogen) atoms. The van der Waals surface area contributed by atoms with Crippen LogP contribution in [0.5, 0.6) is 0 Å². The van der Waals surface area contributed by atoms with Crippen molar-refractivity contribution < 1.29 is 59.2 Å². The molecule has 0 spiro atoms. The molecule has 1 aromatic heterocycles. The second-order valence-electron chi connectivity index (χ2n) is 9.24. The van der Waals surface area contributed by atoms with Gasteiger partial charge in [-0.15, -0.1) is 5.10 Å². The number of aliphatic hydroxyl groups is 6. The van der Waals surface area contributed by atoms with Crippen molar-refractivity contribution in [3.63, 3.8) is 0 Å². The Morgan fingerprint density at radius 1 is 1.03 bits per heavy atom. The Labute approximate surface area is 223 Å². The number of hydrogen-bond donors (Lipinski definition) is 8. The van der Waals surface area contributed by atoms with E-state index in [2.05, 4.69) is 20.9 Å². The van der Waals surface area contributed by atoms with Crippen LogP contribution < -0.4 is 10.6 Å². The van der Waals surface area contributed by atoms with Gasteiger partial charge in [0.1, 0.15) is 55.5 Å². The molecular weight excluding hydrogens is 526 g/mol. The molecule has 0 aliphatic carbocycles. The van der Waals surface area contributed by atoms with E-state index in [-0.39, 0.29) is 19.1 Å². The van der Waals surface area contributed by atoms with Crippen LogP contribution in [0.3, 0.4) is 0 Å². The summed E-state index contributed by atoms with van der Waals surface area (Å²) in [6, 6.07) is -1.22. The summed E-state index contributed by atoms with van der Waals surface area (Å²) in [5.41, 5.74) is 0.536. The molecule has 3 rings (SSSR count). The first-order valence-corrected chi connectivity index (χ1v) is 12.5. The second kappa shape index (κ2) is 14.4. The zero-order chi connectivity index (χ0) is 28.7. The molecule has 0 saturated carbocycles. The zero-order valence-electron chi connectivity index (χ0n) is 21.6. The topological polar surface area (TPSA) is 247 Å². The van der Waals surface area contributed by atoms with Gasteiger partial charge in [0.15, 0.2) is 12.6 Å². The van der Waals surface area contributed by atoms with Crippen molar-refractivity contribution in [2.45, 2.75) is 94.8 Å². The molecule has 0 bridgehead atoms. The average Bonchev–Trinajstić information content (AvgIpc) is 3.37. The first-order valence-electron chi connectivity index (χ1n) is 12.5. The molecule has 10 atom stereocenters. The third-order valence-electron chi connectivity index (χ3n) is 6.30. The highest BCUT2D eigenvalue weighted by atomic mass is 16.7. The SMILES string of the molecule is CCNC(=O)CCc1cn(COC2OC(CO)C(OC3OC(CO)C(O)C(O)C3O)C(O)C2NC(C)=O)nn1. The van der Waals surface area contributed by atoms with Crippen molar-refractivity contribution in [2.24, 2.45) is 0 Å². The standard InChI is InChI=1S/C22H37N5O12/c1-3-23-14(31)5-4-11-6-27(26-25-11)9-36-21-15(24-10(2)30)17(33)20(13(8-29)38-21)39-22-19(35)18(34)16(32)12(7-28)37-22/h6,12-13,15-22,28-29,32-35H,3-5,7-9H2,1-2H3,(H,23,31)(H,24,30). The number of carbonyl (C=O) groups excluding carboxylic acids is 2. The largest absolute Gasteiger partial charge is 0.394 e. The Bertz CT molecular complexity index is 935. The van der Waals surface area contributed by atoms with Crippen molar-refractivity contribution in [3.8, 4) is 0 Å². The minimum absolute atomic E-state index is 0.124. The maximum absolute atomic E-state index is 11.9. The van der Waals surface area contributed by atoms with E-state index in [1.807, 2.05) is 6.92 Å². The number of carbonyl (C=O) groups is 2. The van der Waals surface area contributed by atoms with E-state index < -0.39 is 80.5 Å². The zero-order valence-corrected chi connectivity index (χ0v) is 21.6. The summed E-state index contributed by atoms with van der Waals surface area (Å²) in [5.74, 6) is -0.666. The summed E-state index contributed by atoms with van der Waals surface area (Å²) in [5, 5.41) is 73.8. The first-order chi connectivity index (χ1) is 18.6. The Morgan fingerprint density at radius 2 is 1.72 bits per heavy atom. The quantitative estimate of drug-likeness (QED) is 0.119. The molecule has 222 valence electrons. The third-order valence-corrected chi connectivity index (χ3v) is 6.30. The lowest BCUT2D eigenvalue weighted by molar-refractivity contribution is -0.350. The summed E-state index contributed by atoms with van der Waals surface area (Å²) in [6.45, 7) is 1.93. The van der Waals surface area contributed by atoms with E-state index in [0.717, 1.165) is 0 Å². The maximum atomic E-state index is 11.9. The van der Waals surface area contributed by atoms with Gasteiger partial charge in [0.05, 0.1) is 25.1 Å². The summed E-state index contributed by atoms with van der Waals surface area (Å²) in [6.07, 6.45) is -11.4. The number of hydrogen-bond acceptors (Lipinski definition) is 14. The van der Waals surface area contributed by atoms with Gasteiger partial charge >= 0.3 is 0 Å². The van der Waals surface area contributed by atoms with Gasteiger partial charge < -0.3 is 60.2 Å². The lowest BCUT2D eigenvalue weighted by Gasteiger charge is -2.47. The number of aromatic nitrogens is 3. The van der Waals surface area contributed by atoms with E-state index in [0.29, 0.717) is 18.7 Å². The molecule has 10 unspecified atom stereocenters. The average molecular weight is 564 g/mol. The lowest BCUT2D eigenvalue weighted by atomic mass is 9.95. The van der Waals surface area contributed by atoms with Gasteiger partial charge in [-0.1, -0.05) is 5.21 Å². The Kier molecular flexibility index (Phi) is 11.5. The number of ether oxygens (including phenoxy) is 4. The highest BCUT2D eigenvalue weighted by molar-refractivity contribution is 5.76. The maximum Gasteiger partial charge on any atom is 0.220 e. The second-order valence-corrected chi connectivity index (χ2v) is 9.24. The third kappa shape index (κ3) is 7.88. The summed E-state index contributed by atoms with van der Waals surface area (Å²) in [7, 11) is 0.